The molecule has 3 N–H and O–H groups in total. The highest BCUT2D eigenvalue weighted by Crippen LogP contribution is 2.47. The molecular weight excluding hydrogens is 430 g/mol. The van der Waals surface area contributed by atoms with Crippen LogP contribution in [0, 0.1) is 6.92 Å². The molecule has 1 atom stereocenters. The molecule has 5 rings (SSSR count). The second kappa shape index (κ2) is 9.11. The largest absolute Gasteiger partial charge is 0.356 e. The summed E-state index contributed by atoms with van der Waals surface area (Å²) in [7, 11) is 0. The quantitative estimate of drug-likeness (QED) is 0.404. The van der Waals surface area contributed by atoms with Gasteiger partial charge in [0.1, 0.15) is 5.92 Å². The van der Waals surface area contributed by atoms with E-state index in [0.29, 0.717) is 5.02 Å². The maximum absolute atomic E-state index is 14.1. The Morgan fingerprint density at radius 2 is 1.52 bits per heavy atom. The summed E-state index contributed by atoms with van der Waals surface area (Å²) in [6.45, 7) is 2.07. The van der Waals surface area contributed by atoms with Crippen molar-refractivity contribution in [2.24, 2.45) is 0 Å². The first-order chi connectivity index (χ1) is 16.0. The number of nitrogens with one attached hydrogen (secondary N) is 3. The maximum Gasteiger partial charge on any atom is 0.232 e. The van der Waals surface area contributed by atoms with Crippen molar-refractivity contribution in [1.82, 2.24) is 5.32 Å². The number of para-hydroxylation sites is 2. The molecule has 33 heavy (non-hydrogen) atoms. The SMILES string of the molecule is Cc1ccc(C(C(=O)NC2CCCCC2)C2(c3ccc(Cl)cc3)Nc3ccccc3N2)cc1. The first-order valence-corrected chi connectivity index (χ1v) is 12.2. The Kier molecular flexibility index (Phi) is 6.03. The van der Waals surface area contributed by atoms with E-state index in [1.165, 1.54) is 24.8 Å². The molecule has 1 amide bonds. The molecule has 1 unspecified atom stereocenters. The molecular formula is C28H30ClN3O. The minimum Gasteiger partial charge on any atom is -0.356 e. The number of benzene rings is 3. The Morgan fingerprint density at radius 3 is 2.12 bits per heavy atom. The fourth-order valence-electron chi connectivity index (χ4n) is 5.21. The van der Waals surface area contributed by atoms with Gasteiger partial charge in [-0.1, -0.05) is 85.0 Å². The van der Waals surface area contributed by atoms with Gasteiger partial charge in [-0.3, -0.25) is 4.79 Å². The van der Waals surface area contributed by atoms with Crippen molar-refractivity contribution < 1.29 is 4.79 Å². The molecule has 0 aromatic heterocycles. The Hall–Kier alpha value is -2.98. The van der Waals surface area contributed by atoms with E-state index in [2.05, 4.69) is 47.1 Å². The van der Waals surface area contributed by atoms with Crippen LogP contribution in [-0.2, 0) is 10.5 Å². The number of halogens is 1. The van der Waals surface area contributed by atoms with Gasteiger partial charge in [0.2, 0.25) is 5.91 Å². The third-order valence-electron chi connectivity index (χ3n) is 6.95. The van der Waals surface area contributed by atoms with Crippen LogP contribution in [-0.4, -0.2) is 11.9 Å². The van der Waals surface area contributed by atoms with Crippen LogP contribution in [0.1, 0.15) is 54.7 Å². The summed E-state index contributed by atoms with van der Waals surface area (Å²) in [6, 6.07) is 24.4. The lowest BCUT2D eigenvalue weighted by molar-refractivity contribution is -0.124. The zero-order valence-electron chi connectivity index (χ0n) is 18.9. The summed E-state index contributed by atoms with van der Waals surface area (Å²) in [4.78, 5) is 14.1. The highest BCUT2D eigenvalue weighted by Gasteiger charge is 2.49. The van der Waals surface area contributed by atoms with Gasteiger partial charge >= 0.3 is 0 Å². The summed E-state index contributed by atoms with van der Waals surface area (Å²) in [5, 5.41) is 11.5. The molecule has 0 bridgehead atoms. The van der Waals surface area contributed by atoms with E-state index in [0.717, 1.165) is 35.3 Å². The van der Waals surface area contributed by atoms with E-state index in [4.69, 9.17) is 11.6 Å². The fourth-order valence-corrected chi connectivity index (χ4v) is 5.34. The monoisotopic (exact) mass is 459 g/mol. The zero-order chi connectivity index (χ0) is 22.8. The molecule has 4 nitrogen and oxygen atoms in total. The van der Waals surface area contributed by atoms with E-state index in [1.807, 2.05) is 48.5 Å². The van der Waals surface area contributed by atoms with Crippen molar-refractivity contribution in [2.75, 3.05) is 10.6 Å². The lowest BCUT2D eigenvalue weighted by Crippen LogP contribution is -2.52. The zero-order valence-corrected chi connectivity index (χ0v) is 19.7. The molecule has 3 aromatic rings. The van der Waals surface area contributed by atoms with Gasteiger partial charge in [-0.2, -0.15) is 0 Å². The van der Waals surface area contributed by atoms with Gasteiger partial charge in [0.25, 0.3) is 0 Å². The topological polar surface area (TPSA) is 53.2 Å². The van der Waals surface area contributed by atoms with Crippen LogP contribution in [0.25, 0.3) is 0 Å². The maximum atomic E-state index is 14.1. The summed E-state index contributed by atoms with van der Waals surface area (Å²) < 4.78 is 0. The molecule has 0 spiro atoms. The summed E-state index contributed by atoms with van der Waals surface area (Å²) in [5.41, 5.74) is 4.22. The van der Waals surface area contributed by atoms with Crippen LogP contribution < -0.4 is 16.0 Å². The van der Waals surface area contributed by atoms with E-state index in [-0.39, 0.29) is 11.9 Å². The Morgan fingerprint density at radius 1 is 0.909 bits per heavy atom. The third-order valence-corrected chi connectivity index (χ3v) is 7.20. The van der Waals surface area contributed by atoms with Crippen molar-refractivity contribution in [3.05, 3.63) is 94.5 Å². The fraction of sp³-hybridized carbons (Fsp3) is 0.321. The van der Waals surface area contributed by atoms with Gasteiger partial charge in [-0.25, -0.2) is 0 Å². The van der Waals surface area contributed by atoms with Crippen LogP contribution in [0.5, 0.6) is 0 Å². The van der Waals surface area contributed by atoms with Gasteiger partial charge in [-0.05, 0) is 55.2 Å². The molecule has 1 aliphatic carbocycles. The van der Waals surface area contributed by atoms with Gasteiger partial charge in [0.15, 0.2) is 5.66 Å². The predicted molar refractivity (Wildman–Crippen MR) is 136 cm³/mol. The molecule has 170 valence electrons. The second-order valence-electron chi connectivity index (χ2n) is 9.30. The molecule has 3 aromatic carbocycles. The lowest BCUT2D eigenvalue weighted by atomic mass is 9.79. The van der Waals surface area contributed by atoms with Crippen LogP contribution in [0.4, 0.5) is 11.4 Å². The number of fused-ring (bicyclic) bond motifs is 1. The minimum atomic E-state index is -0.845. The summed E-state index contributed by atoms with van der Waals surface area (Å²) in [6.07, 6.45) is 5.68. The number of amides is 1. The number of rotatable bonds is 5. The number of aryl methyl sites for hydroxylation is 1. The molecule has 2 aliphatic rings. The van der Waals surface area contributed by atoms with Gasteiger partial charge < -0.3 is 16.0 Å². The van der Waals surface area contributed by atoms with Crippen LogP contribution in [0.15, 0.2) is 72.8 Å². The first kappa shape index (κ1) is 21.8. The van der Waals surface area contributed by atoms with E-state index >= 15 is 0 Å². The molecule has 1 aliphatic heterocycles. The first-order valence-electron chi connectivity index (χ1n) is 11.8. The number of anilines is 2. The number of hydrogen-bond acceptors (Lipinski definition) is 3. The summed E-state index contributed by atoms with van der Waals surface area (Å²) in [5.74, 6) is -0.456. The molecule has 1 saturated carbocycles. The van der Waals surface area contributed by atoms with Crippen LogP contribution >= 0.6 is 11.6 Å². The Balaban J connectivity index is 1.62. The molecule has 1 fully saturated rings. The highest BCUT2D eigenvalue weighted by molar-refractivity contribution is 6.30. The number of carbonyl (C=O) groups is 1. The molecule has 1 heterocycles. The highest BCUT2D eigenvalue weighted by atomic mass is 35.5. The lowest BCUT2D eigenvalue weighted by Gasteiger charge is -2.39. The van der Waals surface area contributed by atoms with Crippen molar-refractivity contribution in [3.8, 4) is 0 Å². The van der Waals surface area contributed by atoms with Gasteiger partial charge in [-0.15, -0.1) is 0 Å². The van der Waals surface area contributed by atoms with E-state index in [1.54, 1.807) is 0 Å². The summed E-state index contributed by atoms with van der Waals surface area (Å²) >= 11 is 6.24. The van der Waals surface area contributed by atoms with Gasteiger partial charge in [0, 0.05) is 11.1 Å². The van der Waals surface area contributed by atoms with E-state index in [9.17, 15) is 4.79 Å². The molecule has 5 heteroatoms. The Bertz CT molecular complexity index is 1100. The van der Waals surface area contributed by atoms with Crippen molar-refractivity contribution >= 4 is 28.9 Å². The van der Waals surface area contributed by atoms with Crippen molar-refractivity contribution in [1.29, 1.82) is 0 Å². The average Bonchev–Trinajstić information content (AvgIpc) is 3.22. The number of hydrogen-bond donors (Lipinski definition) is 3. The average molecular weight is 460 g/mol. The van der Waals surface area contributed by atoms with Gasteiger partial charge in [0.05, 0.1) is 11.4 Å². The number of carbonyl (C=O) groups excluding carboxylic acids is 1. The second-order valence-corrected chi connectivity index (χ2v) is 9.73. The third kappa shape index (κ3) is 4.32. The van der Waals surface area contributed by atoms with Crippen molar-refractivity contribution in [3.63, 3.8) is 0 Å². The molecule has 0 radical (unpaired) electrons. The van der Waals surface area contributed by atoms with E-state index < -0.39 is 11.6 Å². The molecule has 0 saturated heterocycles. The smallest absolute Gasteiger partial charge is 0.232 e. The standard InChI is InChI=1S/C28H30ClN3O/c1-19-11-13-20(14-12-19)26(27(33)30-23-7-3-2-4-8-23)28(21-15-17-22(29)18-16-21)31-24-9-5-6-10-25(24)32-28/h5-6,9-18,23,26,31-32H,2-4,7-8H2,1H3,(H,30,33). The minimum absolute atomic E-state index is 0.0357. The predicted octanol–water partition coefficient (Wildman–Crippen LogP) is 6.57. The van der Waals surface area contributed by atoms with Crippen LogP contribution in [0.3, 0.4) is 0 Å². The Labute approximate surface area is 200 Å². The normalized spacial score (nSPS) is 18.0. The van der Waals surface area contributed by atoms with Crippen molar-refractivity contribution in [2.45, 2.75) is 56.7 Å². The van der Waals surface area contributed by atoms with Crippen LogP contribution in [0.2, 0.25) is 5.02 Å².